The van der Waals surface area contributed by atoms with E-state index >= 15 is 0 Å². The molecule has 1 unspecified atom stereocenters. The number of carbonyl (C=O) groups is 1. The molecular formula is C11H19NO. The highest BCUT2D eigenvalue weighted by Crippen LogP contribution is 2.46. The molecule has 2 nitrogen and oxygen atoms in total. The maximum Gasteiger partial charge on any atom is 0.220 e. The average Bonchev–Trinajstić information content (AvgIpc) is 2.34. The second-order valence-corrected chi connectivity index (χ2v) is 5.01. The van der Waals surface area contributed by atoms with Crippen molar-refractivity contribution >= 4 is 5.91 Å². The molecule has 0 aromatic heterocycles. The minimum atomic E-state index is 0.266. The summed E-state index contributed by atoms with van der Waals surface area (Å²) in [5, 5.41) is 3.05. The van der Waals surface area contributed by atoms with Crippen LogP contribution in [0.2, 0.25) is 0 Å². The maximum absolute atomic E-state index is 11.3. The first-order valence-electron chi connectivity index (χ1n) is 5.42. The van der Waals surface area contributed by atoms with Gasteiger partial charge in [-0.3, -0.25) is 4.79 Å². The number of amides is 1. The molecular weight excluding hydrogens is 162 g/mol. The van der Waals surface area contributed by atoms with Crippen molar-refractivity contribution in [2.24, 2.45) is 11.3 Å². The van der Waals surface area contributed by atoms with Gasteiger partial charge in [-0.25, -0.2) is 0 Å². The summed E-state index contributed by atoms with van der Waals surface area (Å²) in [5.41, 5.74) is 0.323. The van der Waals surface area contributed by atoms with Gasteiger partial charge in [-0.2, -0.15) is 0 Å². The quantitative estimate of drug-likeness (QED) is 0.609. The first-order chi connectivity index (χ1) is 6.12. The lowest BCUT2D eigenvalue weighted by atomic mass is 9.67. The predicted molar refractivity (Wildman–Crippen MR) is 52.3 cm³/mol. The molecule has 2 aliphatic rings. The van der Waals surface area contributed by atoms with Crippen molar-refractivity contribution in [1.82, 2.24) is 5.32 Å². The van der Waals surface area contributed by atoms with E-state index in [0.717, 1.165) is 12.3 Å². The highest BCUT2D eigenvalue weighted by Gasteiger charge is 2.45. The van der Waals surface area contributed by atoms with Gasteiger partial charge in [0.2, 0.25) is 5.91 Å². The fourth-order valence-electron chi connectivity index (χ4n) is 2.87. The Hall–Kier alpha value is -0.530. The lowest BCUT2D eigenvalue weighted by molar-refractivity contribution is -0.119. The SMILES string of the molecule is CC1CCC2(CC1)CC(=O)NC2C. The zero-order valence-corrected chi connectivity index (χ0v) is 8.60. The van der Waals surface area contributed by atoms with Crippen LogP contribution >= 0.6 is 0 Å². The Morgan fingerprint density at radius 2 is 1.92 bits per heavy atom. The zero-order chi connectivity index (χ0) is 9.47. The molecule has 1 spiro atoms. The molecule has 1 N–H and O–H groups in total. The minimum Gasteiger partial charge on any atom is -0.353 e. The molecule has 0 aromatic carbocycles. The maximum atomic E-state index is 11.3. The molecule has 2 heteroatoms. The molecule has 0 radical (unpaired) electrons. The molecule has 13 heavy (non-hydrogen) atoms. The Morgan fingerprint density at radius 3 is 2.38 bits per heavy atom. The number of hydrogen-bond acceptors (Lipinski definition) is 1. The monoisotopic (exact) mass is 181 g/mol. The molecule has 1 saturated carbocycles. The number of nitrogens with one attached hydrogen (secondary N) is 1. The van der Waals surface area contributed by atoms with Crippen LogP contribution in [0.5, 0.6) is 0 Å². The largest absolute Gasteiger partial charge is 0.353 e. The van der Waals surface area contributed by atoms with E-state index in [1.807, 2.05) is 0 Å². The number of rotatable bonds is 0. The van der Waals surface area contributed by atoms with Gasteiger partial charge in [0, 0.05) is 12.5 Å². The fourth-order valence-corrected chi connectivity index (χ4v) is 2.87. The topological polar surface area (TPSA) is 29.1 Å². The Labute approximate surface area is 80.1 Å². The van der Waals surface area contributed by atoms with Crippen LogP contribution in [0.15, 0.2) is 0 Å². The third-order valence-electron chi connectivity index (χ3n) is 4.08. The van der Waals surface area contributed by atoms with E-state index in [2.05, 4.69) is 19.2 Å². The van der Waals surface area contributed by atoms with Gasteiger partial charge in [-0.1, -0.05) is 19.8 Å². The summed E-state index contributed by atoms with van der Waals surface area (Å²) in [7, 11) is 0. The smallest absolute Gasteiger partial charge is 0.220 e. The van der Waals surface area contributed by atoms with Gasteiger partial charge in [-0.15, -0.1) is 0 Å². The molecule has 0 bridgehead atoms. The number of carbonyl (C=O) groups excluding carboxylic acids is 1. The summed E-state index contributed by atoms with van der Waals surface area (Å²) < 4.78 is 0. The van der Waals surface area contributed by atoms with E-state index in [0.29, 0.717) is 11.5 Å². The van der Waals surface area contributed by atoms with E-state index < -0.39 is 0 Å². The average molecular weight is 181 g/mol. The van der Waals surface area contributed by atoms with Crippen molar-refractivity contribution in [3.05, 3.63) is 0 Å². The standard InChI is InChI=1S/C11H19NO/c1-8-3-5-11(6-4-8)7-10(13)12-9(11)2/h8-9H,3-7H2,1-2H3,(H,12,13). The molecule has 2 rings (SSSR count). The first-order valence-corrected chi connectivity index (χ1v) is 5.42. The highest BCUT2D eigenvalue weighted by molar-refractivity contribution is 5.79. The Balaban J connectivity index is 2.08. The van der Waals surface area contributed by atoms with Crippen molar-refractivity contribution in [3.63, 3.8) is 0 Å². The van der Waals surface area contributed by atoms with E-state index in [9.17, 15) is 4.79 Å². The molecule has 1 aliphatic carbocycles. The van der Waals surface area contributed by atoms with E-state index in [1.165, 1.54) is 25.7 Å². The van der Waals surface area contributed by atoms with E-state index in [4.69, 9.17) is 0 Å². The third-order valence-corrected chi connectivity index (χ3v) is 4.08. The zero-order valence-electron chi connectivity index (χ0n) is 8.60. The van der Waals surface area contributed by atoms with Gasteiger partial charge >= 0.3 is 0 Å². The van der Waals surface area contributed by atoms with Crippen LogP contribution in [-0.4, -0.2) is 11.9 Å². The molecule has 2 fully saturated rings. The molecule has 0 aromatic rings. The van der Waals surface area contributed by atoms with Crippen molar-refractivity contribution in [2.45, 2.75) is 52.0 Å². The van der Waals surface area contributed by atoms with Crippen LogP contribution in [0.1, 0.15) is 46.0 Å². The van der Waals surface area contributed by atoms with E-state index in [1.54, 1.807) is 0 Å². The summed E-state index contributed by atoms with van der Waals surface area (Å²) in [5.74, 6) is 1.13. The molecule has 1 saturated heterocycles. The van der Waals surface area contributed by atoms with Crippen LogP contribution in [0.25, 0.3) is 0 Å². The van der Waals surface area contributed by atoms with Crippen molar-refractivity contribution in [2.75, 3.05) is 0 Å². The Bertz CT molecular complexity index is 216. The molecule has 1 heterocycles. The third kappa shape index (κ3) is 1.47. The Morgan fingerprint density at radius 1 is 1.31 bits per heavy atom. The number of hydrogen-bond donors (Lipinski definition) is 1. The van der Waals surface area contributed by atoms with Crippen LogP contribution in [0.3, 0.4) is 0 Å². The molecule has 1 atom stereocenters. The summed E-state index contributed by atoms with van der Waals surface area (Å²) in [4.78, 5) is 11.3. The summed E-state index contributed by atoms with van der Waals surface area (Å²) in [6, 6.07) is 0.410. The van der Waals surface area contributed by atoms with Gasteiger partial charge < -0.3 is 5.32 Å². The van der Waals surface area contributed by atoms with Gasteiger partial charge in [-0.05, 0) is 31.1 Å². The highest BCUT2D eigenvalue weighted by atomic mass is 16.2. The molecule has 1 aliphatic heterocycles. The van der Waals surface area contributed by atoms with Crippen molar-refractivity contribution in [1.29, 1.82) is 0 Å². The van der Waals surface area contributed by atoms with Crippen LogP contribution in [-0.2, 0) is 4.79 Å². The van der Waals surface area contributed by atoms with Gasteiger partial charge in [0.15, 0.2) is 0 Å². The minimum absolute atomic E-state index is 0.266. The second kappa shape index (κ2) is 3.00. The van der Waals surface area contributed by atoms with Crippen LogP contribution in [0, 0.1) is 11.3 Å². The normalized spacial score (nSPS) is 45.2. The fraction of sp³-hybridized carbons (Fsp3) is 0.909. The lowest BCUT2D eigenvalue weighted by Gasteiger charge is -2.38. The first kappa shape index (κ1) is 9.04. The van der Waals surface area contributed by atoms with Gasteiger partial charge in [0.05, 0.1) is 0 Å². The van der Waals surface area contributed by atoms with E-state index in [-0.39, 0.29) is 5.91 Å². The molecule has 74 valence electrons. The second-order valence-electron chi connectivity index (χ2n) is 5.01. The van der Waals surface area contributed by atoms with Crippen LogP contribution < -0.4 is 5.32 Å². The van der Waals surface area contributed by atoms with Gasteiger partial charge in [0.1, 0.15) is 0 Å². The summed E-state index contributed by atoms with van der Waals surface area (Å²) >= 11 is 0. The van der Waals surface area contributed by atoms with Crippen molar-refractivity contribution < 1.29 is 4.79 Å². The summed E-state index contributed by atoms with van der Waals surface area (Å²) in [6.07, 6.45) is 5.88. The van der Waals surface area contributed by atoms with Gasteiger partial charge in [0.25, 0.3) is 0 Å². The van der Waals surface area contributed by atoms with Crippen LogP contribution in [0.4, 0.5) is 0 Å². The van der Waals surface area contributed by atoms with Crippen molar-refractivity contribution in [3.8, 4) is 0 Å². The summed E-state index contributed by atoms with van der Waals surface area (Å²) in [6.45, 7) is 4.49. The Kier molecular flexibility index (Phi) is 2.09. The predicted octanol–water partition coefficient (Wildman–Crippen LogP) is 2.09. The molecule has 1 amide bonds. The lowest BCUT2D eigenvalue weighted by Crippen LogP contribution is -2.37.